The Hall–Kier alpha value is -3.09. The number of hydrogen-bond donors (Lipinski definition) is 1. The Bertz CT molecular complexity index is 1010. The third-order valence-electron chi connectivity index (χ3n) is 5.28. The molecule has 0 saturated carbocycles. The molecule has 3 aromatic rings. The van der Waals surface area contributed by atoms with Gasteiger partial charge in [-0.2, -0.15) is 13.2 Å². The number of fused-ring (bicyclic) bond motifs is 1. The number of piperidine rings is 1. The first-order valence-electron chi connectivity index (χ1n) is 9.48. The van der Waals surface area contributed by atoms with Crippen LogP contribution in [0.2, 0.25) is 0 Å². The molecule has 1 aliphatic heterocycles. The maximum Gasteiger partial charge on any atom is 0.417 e. The topological polar surface area (TPSA) is 45.2 Å². The number of nitrogens with one attached hydrogen (secondary N) is 1. The number of nitrogens with zero attached hydrogens (tertiary/aromatic N) is 2. The first-order chi connectivity index (χ1) is 13.9. The highest BCUT2D eigenvalue weighted by Crippen LogP contribution is 2.30. The normalized spacial score (nSPS) is 15.5. The average Bonchev–Trinajstić information content (AvgIpc) is 2.73. The zero-order valence-electron chi connectivity index (χ0n) is 15.6. The maximum atomic E-state index is 12.7. The standard InChI is InChI=1S/C22H20F3N3O/c23-22(24,25)18-6-8-20(26-14-18)28-11-9-16(10-12-28)21(29)27-19-7-5-15-3-1-2-4-17(15)13-19/h1-8,13-14,16H,9-12H2,(H,27,29). The number of alkyl halides is 3. The van der Waals surface area contributed by atoms with Gasteiger partial charge in [0.15, 0.2) is 0 Å². The van der Waals surface area contributed by atoms with E-state index in [0.717, 1.165) is 28.7 Å². The van der Waals surface area contributed by atoms with E-state index in [1.807, 2.05) is 47.4 Å². The molecule has 1 aromatic heterocycles. The second-order valence-corrected chi connectivity index (χ2v) is 7.22. The molecule has 1 amide bonds. The van der Waals surface area contributed by atoms with Gasteiger partial charge in [-0.15, -0.1) is 0 Å². The Kier molecular flexibility index (Phi) is 5.13. The van der Waals surface area contributed by atoms with Gasteiger partial charge in [-0.05, 0) is 47.9 Å². The molecule has 1 saturated heterocycles. The largest absolute Gasteiger partial charge is 0.417 e. The molecule has 150 valence electrons. The van der Waals surface area contributed by atoms with Crippen molar-refractivity contribution < 1.29 is 18.0 Å². The van der Waals surface area contributed by atoms with Crippen molar-refractivity contribution >= 4 is 28.2 Å². The molecule has 1 fully saturated rings. The van der Waals surface area contributed by atoms with Crippen molar-refractivity contribution in [2.24, 2.45) is 5.92 Å². The molecule has 0 aliphatic carbocycles. The van der Waals surface area contributed by atoms with E-state index in [-0.39, 0.29) is 11.8 Å². The number of hydrogen-bond acceptors (Lipinski definition) is 3. The summed E-state index contributed by atoms with van der Waals surface area (Å²) in [4.78, 5) is 18.5. The summed E-state index contributed by atoms with van der Waals surface area (Å²) in [7, 11) is 0. The quantitative estimate of drug-likeness (QED) is 0.666. The predicted molar refractivity (Wildman–Crippen MR) is 107 cm³/mol. The molecule has 0 bridgehead atoms. The Morgan fingerprint density at radius 1 is 1.00 bits per heavy atom. The molecular formula is C22H20F3N3O. The minimum Gasteiger partial charge on any atom is -0.357 e. The van der Waals surface area contributed by atoms with E-state index >= 15 is 0 Å². The minimum atomic E-state index is -4.39. The molecule has 2 heterocycles. The van der Waals surface area contributed by atoms with Gasteiger partial charge >= 0.3 is 6.18 Å². The van der Waals surface area contributed by atoms with E-state index in [1.165, 1.54) is 6.07 Å². The first-order valence-corrected chi connectivity index (χ1v) is 9.48. The number of aromatic nitrogens is 1. The van der Waals surface area contributed by atoms with Crippen molar-refractivity contribution in [1.29, 1.82) is 0 Å². The predicted octanol–water partition coefficient (Wildman–Crippen LogP) is 5.11. The van der Waals surface area contributed by atoms with Crippen LogP contribution in [0.1, 0.15) is 18.4 Å². The second kappa shape index (κ2) is 7.73. The SMILES string of the molecule is O=C(Nc1ccc2ccccc2c1)C1CCN(c2ccc(C(F)(F)F)cn2)CC1. The summed E-state index contributed by atoms with van der Waals surface area (Å²) in [5.41, 5.74) is 0.00596. The number of carbonyl (C=O) groups is 1. The van der Waals surface area contributed by atoms with Crippen LogP contribution in [-0.2, 0) is 11.0 Å². The minimum absolute atomic E-state index is 0.0275. The third-order valence-corrected chi connectivity index (χ3v) is 5.28. The summed E-state index contributed by atoms with van der Waals surface area (Å²) in [6.45, 7) is 1.16. The van der Waals surface area contributed by atoms with E-state index in [1.54, 1.807) is 0 Å². The Morgan fingerprint density at radius 3 is 2.38 bits per heavy atom. The summed E-state index contributed by atoms with van der Waals surface area (Å²) in [6.07, 6.45) is -2.28. The van der Waals surface area contributed by atoms with Crippen molar-refractivity contribution in [3.63, 3.8) is 0 Å². The van der Waals surface area contributed by atoms with E-state index in [0.29, 0.717) is 31.7 Å². The number of anilines is 2. The number of carbonyl (C=O) groups excluding carboxylic acids is 1. The number of pyridine rings is 1. The van der Waals surface area contributed by atoms with Crippen LogP contribution in [0.4, 0.5) is 24.7 Å². The van der Waals surface area contributed by atoms with Crippen LogP contribution < -0.4 is 10.2 Å². The lowest BCUT2D eigenvalue weighted by Crippen LogP contribution is -2.38. The lowest BCUT2D eigenvalue weighted by Gasteiger charge is -2.32. The fourth-order valence-electron chi connectivity index (χ4n) is 3.62. The molecule has 1 N–H and O–H groups in total. The van der Waals surface area contributed by atoms with Crippen molar-refractivity contribution in [3.05, 3.63) is 66.4 Å². The monoisotopic (exact) mass is 399 g/mol. The Morgan fingerprint density at radius 2 is 1.72 bits per heavy atom. The van der Waals surface area contributed by atoms with Crippen LogP contribution in [0.15, 0.2) is 60.8 Å². The van der Waals surface area contributed by atoms with Crippen LogP contribution in [0.25, 0.3) is 10.8 Å². The van der Waals surface area contributed by atoms with Gasteiger partial charge in [0.2, 0.25) is 5.91 Å². The number of benzene rings is 2. The van der Waals surface area contributed by atoms with Gasteiger partial charge in [0.1, 0.15) is 5.82 Å². The van der Waals surface area contributed by atoms with E-state index < -0.39 is 11.7 Å². The molecule has 0 atom stereocenters. The number of halogens is 3. The summed E-state index contributed by atoms with van der Waals surface area (Å²) in [5, 5.41) is 5.16. The van der Waals surface area contributed by atoms with Gasteiger partial charge in [0, 0.05) is 30.9 Å². The third kappa shape index (κ3) is 4.34. The maximum absolute atomic E-state index is 12.7. The van der Waals surface area contributed by atoms with E-state index in [9.17, 15) is 18.0 Å². The molecule has 2 aromatic carbocycles. The Labute approximate surface area is 166 Å². The summed E-state index contributed by atoms with van der Waals surface area (Å²) in [5.74, 6) is 0.346. The molecule has 4 nitrogen and oxygen atoms in total. The van der Waals surface area contributed by atoms with Gasteiger partial charge in [-0.1, -0.05) is 30.3 Å². The number of rotatable bonds is 3. The highest BCUT2D eigenvalue weighted by molar-refractivity contribution is 5.95. The fourth-order valence-corrected chi connectivity index (χ4v) is 3.62. The van der Waals surface area contributed by atoms with Crippen LogP contribution in [-0.4, -0.2) is 24.0 Å². The lowest BCUT2D eigenvalue weighted by molar-refractivity contribution is -0.137. The zero-order chi connectivity index (χ0) is 20.4. The van der Waals surface area contributed by atoms with Crippen molar-refractivity contribution in [2.45, 2.75) is 19.0 Å². The molecule has 7 heteroatoms. The van der Waals surface area contributed by atoms with Crippen LogP contribution in [0.5, 0.6) is 0 Å². The van der Waals surface area contributed by atoms with Crippen LogP contribution >= 0.6 is 0 Å². The first kappa shape index (κ1) is 19.2. The Balaban J connectivity index is 1.35. The van der Waals surface area contributed by atoms with Crippen molar-refractivity contribution in [2.75, 3.05) is 23.3 Å². The smallest absolute Gasteiger partial charge is 0.357 e. The molecule has 29 heavy (non-hydrogen) atoms. The van der Waals surface area contributed by atoms with Gasteiger partial charge in [-0.3, -0.25) is 4.79 Å². The zero-order valence-corrected chi connectivity index (χ0v) is 15.6. The summed E-state index contributed by atoms with van der Waals surface area (Å²) < 4.78 is 38.0. The van der Waals surface area contributed by atoms with Crippen LogP contribution in [0.3, 0.4) is 0 Å². The lowest BCUT2D eigenvalue weighted by atomic mass is 9.95. The molecule has 1 aliphatic rings. The molecule has 0 spiro atoms. The fraction of sp³-hybridized carbons (Fsp3) is 0.273. The molecule has 4 rings (SSSR count). The van der Waals surface area contributed by atoms with Gasteiger partial charge in [0.25, 0.3) is 0 Å². The van der Waals surface area contributed by atoms with Crippen molar-refractivity contribution in [3.8, 4) is 0 Å². The van der Waals surface area contributed by atoms with Crippen molar-refractivity contribution in [1.82, 2.24) is 4.98 Å². The van der Waals surface area contributed by atoms with E-state index in [2.05, 4.69) is 10.3 Å². The number of amides is 1. The van der Waals surface area contributed by atoms with Gasteiger partial charge < -0.3 is 10.2 Å². The van der Waals surface area contributed by atoms with Gasteiger partial charge in [-0.25, -0.2) is 4.98 Å². The highest BCUT2D eigenvalue weighted by Gasteiger charge is 2.31. The van der Waals surface area contributed by atoms with Gasteiger partial charge in [0.05, 0.1) is 5.56 Å². The molecular weight excluding hydrogens is 379 g/mol. The summed E-state index contributed by atoms with van der Waals surface area (Å²) >= 11 is 0. The average molecular weight is 399 g/mol. The highest BCUT2D eigenvalue weighted by atomic mass is 19.4. The van der Waals surface area contributed by atoms with Crippen LogP contribution in [0, 0.1) is 5.92 Å². The molecule has 0 unspecified atom stereocenters. The van der Waals surface area contributed by atoms with E-state index in [4.69, 9.17) is 0 Å². The molecule has 0 radical (unpaired) electrons. The second-order valence-electron chi connectivity index (χ2n) is 7.22. The summed E-state index contributed by atoms with van der Waals surface area (Å²) in [6, 6.07) is 16.2.